The fourth-order valence-corrected chi connectivity index (χ4v) is 4.18. The molecule has 4 N–H and O–H groups in total. The third-order valence-corrected chi connectivity index (χ3v) is 5.19. The predicted molar refractivity (Wildman–Crippen MR) is 84.6 cm³/mol. The Morgan fingerprint density at radius 3 is 2.64 bits per heavy atom. The third kappa shape index (κ3) is 5.03. The Hall–Kier alpha value is -0.990. The van der Waals surface area contributed by atoms with Crippen LogP contribution in [0.25, 0.3) is 0 Å². The lowest BCUT2D eigenvalue weighted by Crippen LogP contribution is -2.51. The van der Waals surface area contributed by atoms with Crippen LogP contribution in [0, 0.1) is 0 Å². The van der Waals surface area contributed by atoms with Gasteiger partial charge in [0.05, 0.1) is 30.6 Å². The molecular formula is C15H24N2O4S. The van der Waals surface area contributed by atoms with E-state index in [-0.39, 0.29) is 18.5 Å². The first kappa shape index (κ1) is 17.4. The third-order valence-electron chi connectivity index (χ3n) is 3.81. The Kier molecular flexibility index (Phi) is 6.34. The van der Waals surface area contributed by atoms with Crippen molar-refractivity contribution in [2.24, 2.45) is 5.73 Å². The first-order valence-electron chi connectivity index (χ1n) is 7.54. The number of aliphatic hydroxyl groups excluding tert-OH is 1. The second kappa shape index (κ2) is 8.03. The van der Waals surface area contributed by atoms with Crippen LogP contribution in [0.15, 0.2) is 30.3 Å². The second-order valence-electron chi connectivity index (χ2n) is 5.60. The van der Waals surface area contributed by atoms with Crippen LogP contribution in [0.1, 0.15) is 24.8 Å². The minimum absolute atomic E-state index is 0.00275. The van der Waals surface area contributed by atoms with Crippen LogP contribution in [0.2, 0.25) is 0 Å². The van der Waals surface area contributed by atoms with Crippen LogP contribution in [0.4, 0.5) is 0 Å². The predicted octanol–water partition coefficient (Wildman–Crippen LogP) is 0.363. The first-order valence-corrected chi connectivity index (χ1v) is 9.19. The van der Waals surface area contributed by atoms with E-state index in [1.54, 1.807) is 12.1 Å². The van der Waals surface area contributed by atoms with E-state index in [1.807, 2.05) is 18.2 Å². The van der Waals surface area contributed by atoms with Crippen LogP contribution < -0.4 is 10.5 Å². The summed E-state index contributed by atoms with van der Waals surface area (Å²) in [6.07, 6.45) is 1.59. The van der Waals surface area contributed by atoms with Gasteiger partial charge in [0.15, 0.2) is 0 Å². The second-order valence-corrected chi connectivity index (χ2v) is 7.36. The van der Waals surface area contributed by atoms with Gasteiger partial charge in [-0.3, -0.25) is 0 Å². The monoisotopic (exact) mass is 328 g/mol. The average Bonchev–Trinajstić information content (AvgIpc) is 2.49. The van der Waals surface area contributed by atoms with Gasteiger partial charge in [-0.05, 0) is 31.4 Å². The summed E-state index contributed by atoms with van der Waals surface area (Å²) < 4.78 is 32.9. The van der Waals surface area contributed by atoms with Crippen molar-refractivity contribution < 1.29 is 18.3 Å². The van der Waals surface area contributed by atoms with E-state index in [4.69, 9.17) is 10.5 Å². The smallest absolute Gasteiger partial charge is 0.216 e. The Morgan fingerprint density at radius 1 is 1.27 bits per heavy atom. The van der Waals surface area contributed by atoms with Crippen LogP contribution in [-0.4, -0.2) is 44.9 Å². The van der Waals surface area contributed by atoms with E-state index >= 15 is 0 Å². The highest BCUT2D eigenvalue weighted by Crippen LogP contribution is 2.22. The molecule has 0 radical (unpaired) electrons. The molecule has 1 aromatic carbocycles. The number of nitrogens with two attached hydrogens (primary N) is 1. The van der Waals surface area contributed by atoms with Gasteiger partial charge in [0, 0.05) is 0 Å². The zero-order chi connectivity index (χ0) is 16.0. The Balaban J connectivity index is 1.96. The van der Waals surface area contributed by atoms with E-state index in [1.165, 1.54) is 0 Å². The SMILES string of the molecule is NCC[C@@H]1CC[C@@H](NS(=O)(=O)Cc2ccccc2)[C@@H](CO)O1. The van der Waals surface area contributed by atoms with Crippen molar-refractivity contribution in [3.63, 3.8) is 0 Å². The normalized spacial score (nSPS) is 26.0. The molecular weight excluding hydrogens is 304 g/mol. The topological polar surface area (TPSA) is 102 Å². The number of rotatable bonds is 7. The number of aliphatic hydroxyl groups is 1. The molecule has 124 valence electrons. The Morgan fingerprint density at radius 2 is 2.00 bits per heavy atom. The fraction of sp³-hybridized carbons (Fsp3) is 0.600. The quantitative estimate of drug-likeness (QED) is 0.671. The summed E-state index contributed by atoms with van der Waals surface area (Å²) in [5, 5.41) is 9.44. The van der Waals surface area contributed by atoms with Crippen molar-refractivity contribution >= 4 is 10.0 Å². The molecule has 0 saturated carbocycles. The molecule has 3 atom stereocenters. The molecule has 0 aromatic heterocycles. The van der Waals surface area contributed by atoms with Gasteiger partial charge in [-0.2, -0.15) is 0 Å². The number of benzene rings is 1. The van der Waals surface area contributed by atoms with Gasteiger partial charge >= 0.3 is 0 Å². The van der Waals surface area contributed by atoms with Gasteiger partial charge < -0.3 is 15.6 Å². The summed E-state index contributed by atoms with van der Waals surface area (Å²) in [5.41, 5.74) is 6.24. The molecule has 1 aliphatic heterocycles. The molecule has 7 heteroatoms. The molecule has 1 fully saturated rings. The van der Waals surface area contributed by atoms with Gasteiger partial charge in [0.2, 0.25) is 10.0 Å². The van der Waals surface area contributed by atoms with E-state index in [0.29, 0.717) is 13.0 Å². The van der Waals surface area contributed by atoms with Gasteiger partial charge in [0.25, 0.3) is 0 Å². The number of nitrogens with one attached hydrogen (secondary N) is 1. The van der Waals surface area contributed by atoms with E-state index < -0.39 is 22.2 Å². The summed E-state index contributed by atoms with van der Waals surface area (Å²) in [5.74, 6) is -0.0747. The molecule has 0 aliphatic carbocycles. The van der Waals surface area contributed by atoms with Gasteiger partial charge in [-0.1, -0.05) is 30.3 Å². The maximum atomic E-state index is 12.3. The molecule has 22 heavy (non-hydrogen) atoms. The highest BCUT2D eigenvalue weighted by atomic mass is 32.2. The molecule has 1 heterocycles. The van der Waals surface area contributed by atoms with Crippen LogP contribution in [-0.2, 0) is 20.5 Å². The van der Waals surface area contributed by atoms with Gasteiger partial charge in [-0.15, -0.1) is 0 Å². The van der Waals surface area contributed by atoms with Gasteiger partial charge in [-0.25, -0.2) is 13.1 Å². The van der Waals surface area contributed by atoms with E-state index in [2.05, 4.69) is 4.72 Å². The first-order chi connectivity index (χ1) is 10.5. The summed E-state index contributed by atoms with van der Waals surface area (Å²) in [6.45, 7) is 0.312. The summed E-state index contributed by atoms with van der Waals surface area (Å²) in [7, 11) is -3.47. The lowest BCUT2D eigenvalue weighted by atomic mass is 9.98. The van der Waals surface area contributed by atoms with Crippen molar-refractivity contribution in [1.29, 1.82) is 0 Å². The number of hydrogen-bond donors (Lipinski definition) is 3. The fourth-order valence-electron chi connectivity index (χ4n) is 2.73. The van der Waals surface area contributed by atoms with Crippen molar-refractivity contribution in [2.45, 2.75) is 43.3 Å². The largest absolute Gasteiger partial charge is 0.394 e. The lowest BCUT2D eigenvalue weighted by Gasteiger charge is -2.35. The summed E-state index contributed by atoms with van der Waals surface area (Å²) >= 11 is 0. The molecule has 0 unspecified atom stereocenters. The number of sulfonamides is 1. The zero-order valence-corrected chi connectivity index (χ0v) is 13.3. The summed E-state index contributed by atoms with van der Waals surface area (Å²) in [4.78, 5) is 0. The van der Waals surface area contributed by atoms with Crippen molar-refractivity contribution in [2.75, 3.05) is 13.2 Å². The molecule has 6 nitrogen and oxygen atoms in total. The Labute approximate surface area is 131 Å². The minimum atomic E-state index is -3.47. The Bertz CT molecular complexity index is 550. The van der Waals surface area contributed by atoms with Crippen molar-refractivity contribution in [3.05, 3.63) is 35.9 Å². The highest BCUT2D eigenvalue weighted by molar-refractivity contribution is 7.88. The highest BCUT2D eigenvalue weighted by Gasteiger charge is 2.33. The van der Waals surface area contributed by atoms with E-state index in [9.17, 15) is 13.5 Å². The molecule has 0 bridgehead atoms. The van der Waals surface area contributed by atoms with Crippen LogP contribution >= 0.6 is 0 Å². The van der Waals surface area contributed by atoms with E-state index in [0.717, 1.165) is 18.4 Å². The maximum absolute atomic E-state index is 12.3. The van der Waals surface area contributed by atoms with Crippen LogP contribution in [0.5, 0.6) is 0 Å². The number of ether oxygens (including phenoxy) is 1. The molecule has 0 amide bonds. The zero-order valence-electron chi connectivity index (χ0n) is 12.5. The number of hydrogen-bond acceptors (Lipinski definition) is 5. The molecule has 1 aliphatic rings. The average molecular weight is 328 g/mol. The maximum Gasteiger partial charge on any atom is 0.216 e. The molecule has 1 aromatic rings. The minimum Gasteiger partial charge on any atom is -0.394 e. The van der Waals surface area contributed by atoms with Crippen LogP contribution in [0.3, 0.4) is 0 Å². The molecule has 2 rings (SSSR count). The standard InChI is InChI=1S/C15H24N2O4S/c16-9-8-13-6-7-14(15(10-18)21-13)17-22(19,20)11-12-4-2-1-3-5-12/h1-5,13-15,17-18H,6-11,16H2/t13-,14+,15+/m0/s1. The summed E-state index contributed by atoms with van der Waals surface area (Å²) in [6, 6.07) is 8.62. The van der Waals surface area contributed by atoms with Crippen molar-refractivity contribution in [1.82, 2.24) is 4.72 Å². The molecule has 0 spiro atoms. The lowest BCUT2D eigenvalue weighted by molar-refractivity contribution is -0.0867. The molecule has 1 saturated heterocycles. The van der Waals surface area contributed by atoms with Gasteiger partial charge in [0.1, 0.15) is 0 Å². The van der Waals surface area contributed by atoms with Crippen molar-refractivity contribution in [3.8, 4) is 0 Å².